The third-order valence-corrected chi connectivity index (χ3v) is 4.41. The van der Waals surface area contributed by atoms with E-state index in [4.69, 9.17) is 0 Å². The molecule has 3 aromatic rings. The van der Waals surface area contributed by atoms with E-state index >= 15 is 0 Å². The number of aryl methyl sites for hydroxylation is 1. The number of nitrogens with zero attached hydrogens (tertiary/aromatic N) is 3. The summed E-state index contributed by atoms with van der Waals surface area (Å²) >= 11 is 0. The number of aliphatic imine (C=N–C) groups is 1. The molecule has 0 amide bonds. The topological polar surface area (TPSA) is 54.2 Å². The Labute approximate surface area is 161 Å². The van der Waals surface area contributed by atoms with Crippen LogP contribution in [0.15, 0.2) is 53.5 Å². The lowest BCUT2D eigenvalue weighted by Gasteiger charge is -2.14. The number of aromatic nitrogens is 2. The van der Waals surface area contributed by atoms with Crippen LogP contribution in [0.3, 0.4) is 0 Å². The zero-order valence-electron chi connectivity index (χ0n) is 15.7. The van der Waals surface area contributed by atoms with Crippen LogP contribution in [0.25, 0.3) is 11.0 Å². The van der Waals surface area contributed by atoms with E-state index in [1.165, 1.54) is 6.07 Å². The molecule has 1 heterocycles. The van der Waals surface area contributed by atoms with Gasteiger partial charge in [0.25, 0.3) is 0 Å². The fraction of sp³-hybridized carbons (Fsp3) is 0.300. The summed E-state index contributed by atoms with van der Waals surface area (Å²) in [6, 6.07) is 13.2. The van der Waals surface area contributed by atoms with Crippen LogP contribution in [0.5, 0.6) is 0 Å². The lowest BCUT2D eigenvalue weighted by Crippen LogP contribution is -2.38. The fourth-order valence-electron chi connectivity index (χ4n) is 3.03. The lowest BCUT2D eigenvalue weighted by molar-refractivity contribution is -0.137. The Balaban J connectivity index is 1.56. The highest BCUT2D eigenvalue weighted by atomic mass is 19.4. The first-order chi connectivity index (χ1) is 13.4. The third kappa shape index (κ3) is 4.62. The third-order valence-electron chi connectivity index (χ3n) is 4.41. The van der Waals surface area contributed by atoms with Crippen molar-refractivity contribution >= 4 is 17.0 Å². The molecule has 0 aliphatic carbocycles. The Bertz CT molecular complexity index is 975. The zero-order valence-corrected chi connectivity index (χ0v) is 15.7. The van der Waals surface area contributed by atoms with Crippen molar-refractivity contribution < 1.29 is 13.2 Å². The van der Waals surface area contributed by atoms with Crippen LogP contribution in [-0.4, -0.2) is 29.1 Å². The van der Waals surface area contributed by atoms with Crippen molar-refractivity contribution in [2.45, 2.75) is 26.2 Å². The summed E-state index contributed by atoms with van der Waals surface area (Å²) in [6.07, 6.45) is -4.35. The van der Waals surface area contributed by atoms with Crippen molar-refractivity contribution in [3.05, 3.63) is 65.5 Å². The van der Waals surface area contributed by atoms with Crippen LogP contribution < -0.4 is 10.6 Å². The molecule has 1 aromatic heterocycles. The molecule has 3 rings (SSSR count). The second-order valence-corrected chi connectivity index (χ2v) is 6.35. The normalized spacial score (nSPS) is 12.4. The second-order valence-electron chi connectivity index (χ2n) is 6.35. The lowest BCUT2D eigenvalue weighted by atomic mass is 10.1. The van der Waals surface area contributed by atoms with Gasteiger partial charge in [-0.2, -0.15) is 13.2 Å². The minimum atomic E-state index is -4.35. The predicted octanol–water partition coefficient (Wildman–Crippen LogP) is 3.73. The fourth-order valence-corrected chi connectivity index (χ4v) is 3.03. The number of hydrogen-bond donors (Lipinski definition) is 2. The molecule has 2 aromatic carbocycles. The van der Waals surface area contributed by atoms with Crippen molar-refractivity contribution in [3.63, 3.8) is 0 Å². The van der Waals surface area contributed by atoms with E-state index in [1.54, 1.807) is 13.1 Å². The van der Waals surface area contributed by atoms with E-state index in [-0.39, 0.29) is 6.54 Å². The first-order valence-electron chi connectivity index (χ1n) is 8.91. The minimum Gasteiger partial charge on any atom is -0.355 e. The van der Waals surface area contributed by atoms with E-state index < -0.39 is 11.7 Å². The molecule has 0 saturated carbocycles. The first kappa shape index (κ1) is 19.7. The summed E-state index contributed by atoms with van der Waals surface area (Å²) in [7, 11) is 1.62. The summed E-state index contributed by atoms with van der Waals surface area (Å²) in [6.45, 7) is 3.50. The summed E-state index contributed by atoms with van der Waals surface area (Å²) in [5, 5.41) is 6.23. The van der Waals surface area contributed by atoms with E-state index in [0.29, 0.717) is 24.6 Å². The highest BCUT2D eigenvalue weighted by Gasteiger charge is 2.30. The number of rotatable bonds is 5. The van der Waals surface area contributed by atoms with Gasteiger partial charge in [-0.05, 0) is 36.8 Å². The molecular weight excluding hydrogens is 367 g/mol. The van der Waals surface area contributed by atoms with Crippen molar-refractivity contribution in [1.29, 1.82) is 0 Å². The molecule has 0 saturated heterocycles. The maximum absolute atomic E-state index is 12.8. The first-order valence-corrected chi connectivity index (χ1v) is 8.91. The molecule has 0 fully saturated rings. The summed E-state index contributed by atoms with van der Waals surface area (Å²) in [5.74, 6) is 1.45. The molecule has 0 bridgehead atoms. The van der Waals surface area contributed by atoms with Crippen molar-refractivity contribution in [2.24, 2.45) is 4.99 Å². The van der Waals surface area contributed by atoms with Crippen LogP contribution in [0.2, 0.25) is 0 Å². The summed E-state index contributed by atoms with van der Waals surface area (Å²) < 4.78 is 40.6. The van der Waals surface area contributed by atoms with Gasteiger partial charge in [0, 0.05) is 26.7 Å². The van der Waals surface area contributed by atoms with E-state index in [1.807, 2.05) is 31.2 Å². The van der Waals surface area contributed by atoms with E-state index in [0.717, 1.165) is 29.0 Å². The van der Waals surface area contributed by atoms with E-state index in [9.17, 15) is 13.2 Å². The van der Waals surface area contributed by atoms with Gasteiger partial charge in [0.1, 0.15) is 5.82 Å². The number of benzene rings is 2. The highest BCUT2D eigenvalue weighted by molar-refractivity contribution is 5.79. The molecule has 0 spiro atoms. The highest BCUT2D eigenvalue weighted by Crippen LogP contribution is 2.29. The molecule has 0 unspecified atom stereocenters. The van der Waals surface area contributed by atoms with Crippen molar-refractivity contribution in [2.75, 3.05) is 13.6 Å². The Morgan fingerprint density at radius 2 is 1.89 bits per heavy atom. The van der Waals surface area contributed by atoms with Gasteiger partial charge in [-0.1, -0.05) is 24.3 Å². The molecule has 5 nitrogen and oxygen atoms in total. The van der Waals surface area contributed by atoms with E-state index in [2.05, 4.69) is 25.2 Å². The maximum Gasteiger partial charge on any atom is 0.416 e. The van der Waals surface area contributed by atoms with Gasteiger partial charge in [0.05, 0.1) is 16.6 Å². The van der Waals surface area contributed by atoms with Crippen LogP contribution in [0, 0.1) is 6.92 Å². The van der Waals surface area contributed by atoms with Gasteiger partial charge in [-0.15, -0.1) is 0 Å². The zero-order chi connectivity index (χ0) is 20.1. The molecule has 28 heavy (non-hydrogen) atoms. The van der Waals surface area contributed by atoms with Gasteiger partial charge in [-0.25, -0.2) is 4.98 Å². The number of fused-ring (bicyclic) bond motifs is 1. The maximum atomic E-state index is 12.8. The van der Waals surface area contributed by atoms with Gasteiger partial charge in [-0.3, -0.25) is 4.99 Å². The molecule has 0 atom stereocenters. The molecular formula is C20H22F3N5. The minimum absolute atomic E-state index is 0.247. The number of guanidine groups is 1. The Morgan fingerprint density at radius 1 is 1.11 bits per heavy atom. The van der Waals surface area contributed by atoms with Crippen LogP contribution in [-0.2, 0) is 19.3 Å². The van der Waals surface area contributed by atoms with Gasteiger partial charge in [0.2, 0.25) is 0 Å². The molecule has 0 radical (unpaired) electrons. The number of halogens is 3. The monoisotopic (exact) mass is 389 g/mol. The second kappa shape index (κ2) is 8.33. The summed E-state index contributed by atoms with van der Waals surface area (Å²) in [4.78, 5) is 8.66. The molecule has 8 heteroatoms. The average Bonchev–Trinajstić information content (AvgIpc) is 2.99. The van der Waals surface area contributed by atoms with Crippen LogP contribution >= 0.6 is 0 Å². The van der Waals surface area contributed by atoms with Crippen molar-refractivity contribution in [1.82, 2.24) is 20.2 Å². The smallest absolute Gasteiger partial charge is 0.355 e. The number of hydrogen-bond acceptors (Lipinski definition) is 2. The van der Waals surface area contributed by atoms with Crippen molar-refractivity contribution in [3.8, 4) is 0 Å². The Kier molecular flexibility index (Phi) is 5.87. The number of imidazole rings is 1. The molecule has 2 N–H and O–H groups in total. The number of para-hydroxylation sites is 2. The van der Waals surface area contributed by atoms with Gasteiger partial charge < -0.3 is 15.2 Å². The quantitative estimate of drug-likeness (QED) is 0.517. The SMILES string of the molecule is CN=C(NCCn1c(C)nc2ccccc21)NCc1cccc(C(F)(F)F)c1. The van der Waals surface area contributed by atoms with Crippen LogP contribution in [0.1, 0.15) is 17.0 Å². The molecule has 148 valence electrons. The standard InChI is InChI=1S/C20H22F3N5/c1-14-27-17-8-3-4-9-18(17)28(14)11-10-25-19(24-2)26-13-15-6-5-7-16(12-15)20(21,22)23/h3-9,12H,10-11,13H2,1-2H3,(H2,24,25,26). The Morgan fingerprint density at radius 3 is 2.64 bits per heavy atom. The van der Waals surface area contributed by atoms with Gasteiger partial charge in [0.15, 0.2) is 5.96 Å². The molecule has 0 aliphatic rings. The molecule has 0 aliphatic heterocycles. The number of alkyl halides is 3. The Hall–Kier alpha value is -3.03. The summed E-state index contributed by atoms with van der Waals surface area (Å²) in [5.41, 5.74) is 1.90. The largest absolute Gasteiger partial charge is 0.416 e. The average molecular weight is 389 g/mol. The predicted molar refractivity (Wildman–Crippen MR) is 104 cm³/mol. The van der Waals surface area contributed by atoms with Gasteiger partial charge >= 0.3 is 6.18 Å². The van der Waals surface area contributed by atoms with Crippen LogP contribution in [0.4, 0.5) is 13.2 Å². The number of nitrogens with one attached hydrogen (secondary N) is 2.